The van der Waals surface area contributed by atoms with Crippen molar-refractivity contribution in [2.75, 3.05) is 6.54 Å². The molecule has 0 saturated heterocycles. The number of hydrogen-bond donors (Lipinski definition) is 1. The summed E-state index contributed by atoms with van der Waals surface area (Å²) in [4.78, 5) is 15.2. The van der Waals surface area contributed by atoms with Crippen molar-refractivity contribution in [3.05, 3.63) is 83.8 Å². The van der Waals surface area contributed by atoms with Crippen molar-refractivity contribution in [1.82, 2.24) is 24.9 Å². The quantitative estimate of drug-likeness (QED) is 0.608. The van der Waals surface area contributed by atoms with Gasteiger partial charge in [0.05, 0.1) is 23.3 Å². The Labute approximate surface area is 150 Å². The number of carbonyl (C=O) groups is 1. The number of carbonyl (C=O) groups excluding carboxylic acids is 1. The fraction of sp³-hybridized carbons (Fsp3) is 0.150. The maximum atomic E-state index is 13.3. The molecule has 0 fully saturated rings. The number of H-pyrrole nitrogens is 1. The van der Waals surface area contributed by atoms with Crippen molar-refractivity contribution in [2.24, 2.45) is 0 Å². The van der Waals surface area contributed by atoms with Crippen molar-refractivity contribution in [2.45, 2.75) is 12.6 Å². The number of aromatic nitrogens is 4. The van der Waals surface area contributed by atoms with E-state index in [0.717, 1.165) is 16.5 Å². The minimum atomic E-state index is 0.00603. The molecule has 26 heavy (non-hydrogen) atoms. The van der Waals surface area contributed by atoms with Crippen molar-refractivity contribution in [3.8, 4) is 0 Å². The zero-order chi connectivity index (χ0) is 17.5. The van der Waals surface area contributed by atoms with Crippen LogP contribution < -0.4 is 0 Å². The number of hydrogen-bond acceptors (Lipinski definition) is 3. The van der Waals surface area contributed by atoms with E-state index in [2.05, 4.69) is 27.4 Å². The molecule has 6 nitrogen and oxygen atoms in total. The number of rotatable bonds is 2. The number of nitrogens with one attached hydrogen (secondary N) is 1. The zero-order valence-corrected chi connectivity index (χ0v) is 14.0. The first-order chi connectivity index (χ1) is 12.8. The minimum Gasteiger partial charge on any atom is -0.332 e. The molecule has 0 saturated carbocycles. The lowest BCUT2D eigenvalue weighted by molar-refractivity contribution is 0.0708. The summed E-state index contributed by atoms with van der Waals surface area (Å²) in [6.45, 7) is 1.18. The minimum absolute atomic E-state index is 0.00603. The Hall–Kier alpha value is -3.41. The van der Waals surface area contributed by atoms with Crippen LogP contribution in [0.15, 0.2) is 67.1 Å². The van der Waals surface area contributed by atoms with Gasteiger partial charge in [0, 0.05) is 30.9 Å². The first-order valence-electron chi connectivity index (χ1n) is 8.59. The van der Waals surface area contributed by atoms with Crippen LogP contribution in [0.2, 0.25) is 0 Å². The fourth-order valence-corrected chi connectivity index (χ4v) is 3.74. The largest absolute Gasteiger partial charge is 0.332 e. The summed E-state index contributed by atoms with van der Waals surface area (Å²) in [6.07, 6.45) is 5.46. The van der Waals surface area contributed by atoms with Gasteiger partial charge in [-0.3, -0.25) is 14.6 Å². The molecule has 0 radical (unpaired) electrons. The maximum absolute atomic E-state index is 13.3. The molecule has 0 aliphatic carbocycles. The summed E-state index contributed by atoms with van der Waals surface area (Å²) in [5.41, 5.74) is 3.81. The van der Waals surface area contributed by atoms with E-state index in [4.69, 9.17) is 0 Å². The van der Waals surface area contributed by atoms with Crippen LogP contribution in [-0.4, -0.2) is 37.3 Å². The third-order valence-corrected chi connectivity index (χ3v) is 5.01. The summed E-state index contributed by atoms with van der Waals surface area (Å²) in [7, 11) is 0. The van der Waals surface area contributed by atoms with Crippen LogP contribution in [0.4, 0.5) is 0 Å². The molecule has 5 rings (SSSR count). The molecule has 2 aromatic heterocycles. The zero-order valence-electron chi connectivity index (χ0n) is 14.0. The van der Waals surface area contributed by atoms with Crippen molar-refractivity contribution in [3.63, 3.8) is 0 Å². The predicted octanol–water partition coefficient (Wildman–Crippen LogP) is 3.00. The van der Waals surface area contributed by atoms with Gasteiger partial charge in [0.25, 0.3) is 5.91 Å². The summed E-state index contributed by atoms with van der Waals surface area (Å²) in [5.74, 6) is 0.00603. The Morgan fingerprint density at radius 2 is 2.04 bits per heavy atom. The molecule has 1 aliphatic heterocycles. The van der Waals surface area contributed by atoms with E-state index in [0.29, 0.717) is 18.7 Å². The monoisotopic (exact) mass is 343 g/mol. The number of fused-ring (bicyclic) bond motifs is 2. The molecule has 128 valence electrons. The Morgan fingerprint density at radius 1 is 1.12 bits per heavy atom. The van der Waals surface area contributed by atoms with Crippen LogP contribution in [0, 0.1) is 0 Å². The Balaban J connectivity index is 1.56. The molecule has 3 heterocycles. The van der Waals surface area contributed by atoms with Crippen molar-refractivity contribution >= 4 is 16.8 Å². The lowest BCUT2D eigenvalue weighted by Crippen LogP contribution is -2.40. The topological polar surface area (TPSA) is 66.8 Å². The molecule has 0 spiro atoms. The van der Waals surface area contributed by atoms with E-state index in [-0.39, 0.29) is 11.9 Å². The first kappa shape index (κ1) is 14.9. The maximum Gasteiger partial charge on any atom is 0.256 e. The summed E-state index contributed by atoms with van der Waals surface area (Å²) in [5, 5.41) is 12.4. The summed E-state index contributed by atoms with van der Waals surface area (Å²) in [6, 6.07) is 15.9. The molecular formula is C20H17N5O. The third-order valence-electron chi connectivity index (χ3n) is 5.01. The van der Waals surface area contributed by atoms with E-state index in [1.54, 1.807) is 12.4 Å². The molecular weight excluding hydrogens is 326 g/mol. The van der Waals surface area contributed by atoms with Gasteiger partial charge in [-0.1, -0.05) is 36.4 Å². The molecule has 1 amide bonds. The third kappa shape index (κ3) is 2.30. The van der Waals surface area contributed by atoms with Gasteiger partial charge in [-0.2, -0.15) is 10.2 Å². The Morgan fingerprint density at radius 3 is 2.92 bits per heavy atom. The van der Waals surface area contributed by atoms with Crippen LogP contribution in [0.1, 0.15) is 27.5 Å². The normalized spacial score (nSPS) is 16.6. The van der Waals surface area contributed by atoms with E-state index in [1.165, 1.54) is 5.56 Å². The van der Waals surface area contributed by atoms with Crippen LogP contribution >= 0.6 is 0 Å². The van der Waals surface area contributed by atoms with Crippen LogP contribution in [0.3, 0.4) is 0 Å². The van der Waals surface area contributed by atoms with Crippen LogP contribution in [0.5, 0.6) is 0 Å². The van der Waals surface area contributed by atoms with Crippen LogP contribution in [0.25, 0.3) is 10.9 Å². The molecule has 1 aliphatic rings. The fourth-order valence-electron chi connectivity index (χ4n) is 3.74. The Kier molecular flexibility index (Phi) is 3.35. The molecule has 6 heteroatoms. The second-order valence-electron chi connectivity index (χ2n) is 6.53. The van der Waals surface area contributed by atoms with Crippen molar-refractivity contribution < 1.29 is 4.79 Å². The standard InChI is InChI=1S/C20H17N5O/c26-20(17-8-3-6-14-11-21-23-19(14)17)24-12-15-5-1-2-7-16(15)18(13-24)25-10-4-9-22-25/h1-11,18H,12-13H2,(H,21,23)/t18-/m0/s1. The number of benzene rings is 2. The van der Waals surface area contributed by atoms with Gasteiger partial charge in [0.15, 0.2) is 0 Å². The van der Waals surface area contributed by atoms with E-state index in [9.17, 15) is 4.79 Å². The number of nitrogens with zero attached hydrogens (tertiary/aromatic N) is 4. The highest BCUT2D eigenvalue weighted by Gasteiger charge is 2.30. The van der Waals surface area contributed by atoms with E-state index in [1.807, 2.05) is 52.2 Å². The SMILES string of the molecule is O=C(c1cccc2cn[nH]c12)N1Cc2ccccc2[C@@H](n2cccn2)C1. The van der Waals surface area contributed by atoms with Gasteiger partial charge >= 0.3 is 0 Å². The highest BCUT2D eigenvalue weighted by atomic mass is 16.2. The van der Waals surface area contributed by atoms with Gasteiger partial charge in [0.1, 0.15) is 0 Å². The molecule has 0 bridgehead atoms. The average molecular weight is 343 g/mol. The van der Waals surface area contributed by atoms with Crippen molar-refractivity contribution in [1.29, 1.82) is 0 Å². The first-order valence-corrected chi connectivity index (χ1v) is 8.59. The van der Waals surface area contributed by atoms with Gasteiger partial charge < -0.3 is 4.90 Å². The highest BCUT2D eigenvalue weighted by molar-refractivity contribution is 6.05. The average Bonchev–Trinajstić information content (AvgIpc) is 3.38. The van der Waals surface area contributed by atoms with Gasteiger partial charge in [-0.25, -0.2) is 0 Å². The van der Waals surface area contributed by atoms with Gasteiger partial charge in [-0.15, -0.1) is 0 Å². The highest BCUT2D eigenvalue weighted by Crippen LogP contribution is 2.30. The Bertz CT molecular complexity index is 1080. The van der Waals surface area contributed by atoms with Crippen LogP contribution in [-0.2, 0) is 6.54 Å². The van der Waals surface area contributed by atoms with E-state index < -0.39 is 0 Å². The van der Waals surface area contributed by atoms with Gasteiger partial charge in [-0.05, 0) is 23.3 Å². The molecule has 0 unspecified atom stereocenters. The number of para-hydroxylation sites is 1. The lowest BCUT2D eigenvalue weighted by Gasteiger charge is -2.35. The second-order valence-corrected chi connectivity index (χ2v) is 6.53. The molecule has 1 N–H and O–H groups in total. The lowest BCUT2D eigenvalue weighted by atomic mass is 9.95. The summed E-state index contributed by atoms with van der Waals surface area (Å²) >= 11 is 0. The molecule has 4 aromatic rings. The molecule has 1 atom stereocenters. The smallest absolute Gasteiger partial charge is 0.256 e. The molecule has 2 aromatic carbocycles. The number of amides is 1. The van der Waals surface area contributed by atoms with Gasteiger partial charge in [0.2, 0.25) is 0 Å². The number of aromatic amines is 1. The second kappa shape index (κ2) is 5.84. The van der Waals surface area contributed by atoms with E-state index >= 15 is 0 Å². The summed E-state index contributed by atoms with van der Waals surface area (Å²) < 4.78 is 1.93. The predicted molar refractivity (Wildman–Crippen MR) is 97.6 cm³/mol.